The highest BCUT2D eigenvalue weighted by atomic mass is 19.1. The first-order valence-corrected chi connectivity index (χ1v) is 9.20. The van der Waals surface area contributed by atoms with Crippen molar-refractivity contribution in [3.63, 3.8) is 0 Å². The molecule has 0 saturated carbocycles. The molecule has 0 N–H and O–H groups in total. The zero-order valence-electron chi connectivity index (χ0n) is 15.2. The highest BCUT2D eigenvalue weighted by Gasteiger charge is 2.41. The number of amides is 1. The van der Waals surface area contributed by atoms with E-state index in [1.807, 2.05) is 36.4 Å². The van der Waals surface area contributed by atoms with E-state index >= 15 is 0 Å². The topological polar surface area (TPSA) is 38.8 Å². The molecule has 0 aliphatic carbocycles. The second-order valence-electron chi connectivity index (χ2n) is 6.96. The number of rotatable bonds is 4. The number of methoxy groups -OCH3 is 1. The Hall–Kier alpha value is -2.82. The van der Waals surface area contributed by atoms with E-state index in [1.165, 1.54) is 6.07 Å². The fourth-order valence-electron chi connectivity index (χ4n) is 4.08. The highest BCUT2D eigenvalue weighted by Crippen LogP contribution is 2.42. The Bertz CT molecular complexity index is 865. The Morgan fingerprint density at radius 2 is 1.96 bits per heavy atom. The summed E-state index contributed by atoms with van der Waals surface area (Å²) >= 11 is 0. The molecule has 2 atom stereocenters. The molecule has 1 saturated heterocycles. The quantitative estimate of drug-likeness (QED) is 0.780. The lowest BCUT2D eigenvalue weighted by atomic mass is 9.94. The molecular formula is C22H22FNO3. The van der Waals surface area contributed by atoms with Gasteiger partial charge in [0.2, 0.25) is 0 Å². The van der Waals surface area contributed by atoms with Crippen LogP contribution in [0.2, 0.25) is 0 Å². The molecule has 0 radical (unpaired) electrons. The third kappa shape index (κ3) is 3.42. The number of halogens is 1. The Morgan fingerprint density at radius 1 is 1.15 bits per heavy atom. The lowest BCUT2D eigenvalue weighted by Gasteiger charge is -2.33. The van der Waals surface area contributed by atoms with Crippen LogP contribution in [0.25, 0.3) is 5.57 Å². The summed E-state index contributed by atoms with van der Waals surface area (Å²) < 4.78 is 25.3. The van der Waals surface area contributed by atoms with Crippen molar-refractivity contribution in [2.45, 2.75) is 38.0 Å². The first-order valence-electron chi connectivity index (χ1n) is 9.20. The minimum atomic E-state index is -0.304. The lowest BCUT2D eigenvalue weighted by Crippen LogP contribution is -2.43. The van der Waals surface area contributed by atoms with Crippen molar-refractivity contribution in [1.82, 2.24) is 4.90 Å². The van der Waals surface area contributed by atoms with Gasteiger partial charge in [-0.3, -0.25) is 4.90 Å². The average Bonchev–Trinajstić information content (AvgIpc) is 2.96. The second-order valence-corrected chi connectivity index (χ2v) is 6.96. The number of benzene rings is 2. The molecule has 4 nitrogen and oxygen atoms in total. The molecule has 5 heteroatoms. The van der Waals surface area contributed by atoms with Crippen molar-refractivity contribution in [1.29, 1.82) is 0 Å². The third-order valence-corrected chi connectivity index (χ3v) is 5.33. The summed E-state index contributed by atoms with van der Waals surface area (Å²) in [4.78, 5) is 14.4. The number of nitrogens with zero attached hydrogens (tertiary/aromatic N) is 1. The Morgan fingerprint density at radius 3 is 2.70 bits per heavy atom. The fraction of sp³-hybridized carbons (Fsp3) is 0.318. The van der Waals surface area contributed by atoms with Crippen molar-refractivity contribution < 1.29 is 18.7 Å². The van der Waals surface area contributed by atoms with Crippen molar-refractivity contribution in [2.75, 3.05) is 7.11 Å². The molecule has 1 fully saturated rings. The van der Waals surface area contributed by atoms with Gasteiger partial charge in [0.1, 0.15) is 18.2 Å². The highest BCUT2D eigenvalue weighted by molar-refractivity contribution is 5.77. The second kappa shape index (κ2) is 7.43. The van der Waals surface area contributed by atoms with E-state index in [4.69, 9.17) is 9.47 Å². The SMILES string of the molecule is COc1cccc(F)c1C1=CC2CCC(C1)N2C(=O)OCc1ccccc1. The molecule has 2 aromatic carbocycles. The molecule has 0 spiro atoms. The summed E-state index contributed by atoms with van der Waals surface area (Å²) in [6.07, 6.45) is 4.05. The summed E-state index contributed by atoms with van der Waals surface area (Å²) in [6.45, 7) is 0.257. The fourth-order valence-corrected chi connectivity index (χ4v) is 4.08. The number of carbonyl (C=O) groups is 1. The van der Waals surface area contributed by atoms with E-state index < -0.39 is 0 Å². The molecule has 2 aromatic rings. The van der Waals surface area contributed by atoms with E-state index in [2.05, 4.69) is 0 Å². The molecule has 140 valence electrons. The van der Waals surface area contributed by atoms with Crippen LogP contribution in [-0.4, -0.2) is 30.2 Å². The first-order chi connectivity index (χ1) is 13.2. The number of hydrogen-bond acceptors (Lipinski definition) is 3. The molecule has 2 unspecified atom stereocenters. The molecule has 2 bridgehead atoms. The van der Waals surface area contributed by atoms with Gasteiger partial charge in [-0.05, 0) is 42.5 Å². The normalized spacial score (nSPS) is 21.0. The van der Waals surface area contributed by atoms with Gasteiger partial charge in [0.15, 0.2) is 0 Å². The summed E-state index contributed by atoms with van der Waals surface area (Å²) in [5.41, 5.74) is 2.38. The third-order valence-electron chi connectivity index (χ3n) is 5.33. The van der Waals surface area contributed by atoms with Crippen molar-refractivity contribution in [3.8, 4) is 5.75 Å². The maximum atomic E-state index is 14.4. The Labute approximate surface area is 158 Å². The van der Waals surface area contributed by atoms with Crippen LogP contribution in [0.4, 0.5) is 9.18 Å². The van der Waals surface area contributed by atoms with E-state index in [-0.39, 0.29) is 30.6 Å². The molecule has 2 aliphatic heterocycles. The van der Waals surface area contributed by atoms with Crippen LogP contribution in [0, 0.1) is 5.82 Å². The molecule has 0 aromatic heterocycles. The van der Waals surface area contributed by atoms with Crippen LogP contribution in [0.1, 0.15) is 30.4 Å². The minimum Gasteiger partial charge on any atom is -0.496 e. The van der Waals surface area contributed by atoms with Gasteiger partial charge in [0.05, 0.1) is 18.7 Å². The Kier molecular flexibility index (Phi) is 4.84. The lowest BCUT2D eigenvalue weighted by molar-refractivity contribution is 0.0832. The van der Waals surface area contributed by atoms with Gasteiger partial charge < -0.3 is 9.47 Å². The van der Waals surface area contributed by atoms with Gasteiger partial charge in [-0.2, -0.15) is 0 Å². The van der Waals surface area contributed by atoms with Gasteiger partial charge in [-0.25, -0.2) is 9.18 Å². The maximum Gasteiger partial charge on any atom is 0.410 e. The predicted octanol–water partition coefficient (Wildman–Crippen LogP) is 4.79. The van der Waals surface area contributed by atoms with Crippen molar-refractivity contribution in [2.24, 2.45) is 0 Å². The van der Waals surface area contributed by atoms with Gasteiger partial charge in [-0.1, -0.05) is 42.5 Å². The predicted molar refractivity (Wildman–Crippen MR) is 101 cm³/mol. The monoisotopic (exact) mass is 367 g/mol. The number of hydrogen-bond donors (Lipinski definition) is 0. The zero-order chi connectivity index (χ0) is 18.8. The minimum absolute atomic E-state index is 0.0302. The molecular weight excluding hydrogens is 345 g/mol. The van der Waals surface area contributed by atoms with Gasteiger partial charge in [0, 0.05) is 6.04 Å². The van der Waals surface area contributed by atoms with Crippen LogP contribution in [0.3, 0.4) is 0 Å². The van der Waals surface area contributed by atoms with Crippen LogP contribution >= 0.6 is 0 Å². The number of ether oxygens (including phenoxy) is 2. The largest absolute Gasteiger partial charge is 0.496 e. The summed E-state index contributed by atoms with van der Waals surface area (Å²) in [7, 11) is 1.55. The van der Waals surface area contributed by atoms with Crippen LogP contribution in [0.15, 0.2) is 54.6 Å². The van der Waals surface area contributed by atoms with Crippen molar-refractivity contribution in [3.05, 3.63) is 71.6 Å². The van der Waals surface area contributed by atoms with Gasteiger partial charge in [-0.15, -0.1) is 0 Å². The Balaban J connectivity index is 1.52. The molecule has 4 rings (SSSR count). The standard InChI is InChI=1S/C22H22FNO3/c1-26-20-9-5-8-19(23)21(20)16-12-17-10-11-18(13-16)24(17)22(25)27-14-15-6-3-2-4-7-15/h2-9,12,17-18H,10-11,13-14H2,1H3. The molecule has 2 aliphatic rings. The first kappa shape index (κ1) is 17.6. The van der Waals surface area contributed by atoms with Crippen molar-refractivity contribution >= 4 is 11.7 Å². The number of carbonyl (C=O) groups excluding carboxylic acids is 1. The van der Waals surface area contributed by atoms with Gasteiger partial charge >= 0.3 is 6.09 Å². The smallest absolute Gasteiger partial charge is 0.410 e. The zero-order valence-corrected chi connectivity index (χ0v) is 15.2. The van der Waals surface area contributed by atoms with E-state index in [0.717, 1.165) is 24.0 Å². The van der Waals surface area contributed by atoms with E-state index in [9.17, 15) is 9.18 Å². The van der Waals surface area contributed by atoms with Crippen LogP contribution in [-0.2, 0) is 11.3 Å². The molecule has 1 amide bonds. The molecule has 27 heavy (non-hydrogen) atoms. The summed E-state index contributed by atoms with van der Waals surface area (Å²) in [6, 6.07) is 14.5. The molecule has 2 heterocycles. The van der Waals surface area contributed by atoms with E-state index in [0.29, 0.717) is 17.7 Å². The van der Waals surface area contributed by atoms with Crippen LogP contribution in [0.5, 0.6) is 5.75 Å². The maximum absolute atomic E-state index is 14.4. The van der Waals surface area contributed by atoms with Crippen LogP contribution < -0.4 is 4.74 Å². The van der Waals surface area contributed by atoms with E-state index in [1.54, 1.807) is 24.1 Å². The summed E-state index contributed by atoms with van der Waals surface area (Å²) in [5, 5.41) is 0. The number of fused-ring (bicyclic) bond motifs is 2. The average molecular weight is 367 g/mol. The van der Waals surface area contributed by atoms with Gasteiger partial charge in [0.25, 0.3) is 0 Å². The summed E-state index contributed by atoms with van der Waals surface area (Å²) in [5.74, 6) is 0.237.